The predicted molar refractivity (Wildman–Crippen MR) is 93.2 cm³/mol. The van der Waals surface area contributed by atoms with Crippen molar-refractivity contribution in [2.24, 2.45) is 5.10 Å². The van der Waals surface area contributed by atoms with E-state index in [4.69, 9.17) is 9.47 Å². The van der Waals surface area contributed by atoms with E-state index in [0.29, 0.717) is 17.1 Å². The number of amides is 1. The second-order valence-corrected chi connectivity index (χ2v) is 5.99. The maximum absolute atomic E-state index is 12.2. The molecule has 0 saturated heterocycles. The van der Waals surface area contributed by atoms with E-state index in [-0.39, 0.29) is 23.6 Å². The van der Waals surface area contributed by atoms with Gasteiger partial charge < -0.3 is 9.47 Å². The van der Waals surface area contributed by atoms with Crippen molar-refractivity contribution in [3.05, 3.63) is 61.6 Å². The molecule has 128 valence electrons. The first-order chi connectivity index (χ1) is 12.0. The average molecular weight is 406 g/mol. The van der Waals surface area contributed by atoms with E-state index in [1.165, 1.54) is 31.3 Å². The number of rotatable bonds is 4. The number of carbonyl (C=O) groups is 1. The molecule has 0 fully saturated rings. The lowest BCUT2D eigenvalue weighted by Gasteiger charge is -2.05. The zero-order valence-corrected chi connectivity index (χ0v) is 14.6. The van der Waals surface area contributed by atoms with E-state index < -0.39 is 10.8 Å². The molecule has 0 atom stereocenters. The summed E-state index contributed by atoms with van der Waals surface area (Å²) in [4.78, 5) is 22.6. The van der Waals surface area contributed by atoms with Crippen LogP contribution in [-0.2, 0) is 0 Å². The van der Waals surface area contributed by atoms with Crippen molar-refractivity contribution in [2.45, 2.75) is 6.92 Å². The molecule has 25 heavy (non-hydrogen) atoms. The summed E-state index contributed by atoms with van der Waals surface area (Å²) in [5.41, 5.74) is 3.40. The Labute approximate surface area is 150 Å². The minimum Gasteiger partial charge on any atom is -0.454 e. The van der Waals surface area contributed by atoms with Gasteiger partial charge in [0.05, 0.1) is 16.7 Å². The molecule has 0 radical (unpaired) electrons. The molecular formula is C16H12BrN3O5. The molecule has 0 saturated carbocycles. The Hall–Kier alpha value is -2.94. The fourth-order valence-electron chi connectivity index (χ4n) is 2.32. The fourth-order valence-corrected chi connectivity index (χ4v) is 2.74. The lowest BCUT2D eigenvalue weighted by atomic mass is 10.1. The minimum absolute atomic E-state index is 0.116. The van der Waals surface area contributed by atoms with Crippen LogP contribution >= 0.6 is 15.9 Å². The van der Waals surface area contributed by atoms with Crippen LogP contribution in [0.15, 0.2) is 39.9 Å². The summed E-state index contributed by atoms with van der Waals surface area (Å²) in [5.74, 6) is 0.681. The maximum atomic E-state index is 12.2. The number of nitrogens with zero attached hydrogens (tertiary/aromatic N) is 2. The van der Waals surface area contributed by atoms with E-state index in [0.717, 1.165) is 4.47 Å². The Bertz CT molecular complexity index is 898. The second-order valence-electron chi connectivity index (χ2n) is 5.13. The Morgan fingerprint density at radius 3 is 2.80 bits per heavy atom. The zero-order chi connectivity index (χ0) is 18.0. The topological polar surface area (TPSA) is 103 Å². The van der Waals surface area contributed by atoms with Crippen LogP contribution in [0.25, 0.3) is 0 Å². The Balaban J connectivity index is 1.76. The van der Waals surface area contributed by atoms with Gasteiger partial charge in [0.25, 0.3) is 11.6 Å². The highest BCUT2D eigenvalue weighted by molar-refractivity contribution is 9.10. The minimum atomic E-state index is -0.533. The van der Waals surface area contributed by atoms with Crippen LogP contribution in [0.3, 0.4) is 0 Å². The first-order valence-electron chi connectivity index (χ1n) is 7.14. The number of hydrazone groups is 1. The van der Waals surface area contributed by atoms with Crippen LogP contribution in [0, 0.1) is 17.0 Å². The smallest absolute Gasteiger partial charge is 0.273 e. The number of hydrogen-bond acceptors (Lipinski definition) is 6. The first-order valence-corrected chi connectivity index (χ1v) is 7.93. The summed E-state index contributed by atoms with van der Waals surface area (Å²) in [6.07, 6.45) is 1.44. The molecule has 1 amide bonds. The van der Waals surface area contributed by atoms with Crippen molar-refractivity contribution in [3.8, 4) is 11.5 Å². The Kier molecular flexibility index (Phi) is 4.66. The lowest BCUT2D eigenvalue weighted by molar-refractivity contribution is -0.385. The van der Waals surface area contributed by atoms with Crippen molar-refractivity contribution in [3.63, 3.8) is 0 Å². The van der Waals surface area contributed by atoms with Crippen LogP contribution in [0.2, 0.25) is 0 Å². The molecule has 1 N–H and O–H groups in total. The van der Waals surface area contributed by atoms with Gasteiger partial charge >= 0.3 is 0 Å². The molecule has 2 aromatic rings. The van der Waals surface area contributed by atoms with Gasteiger partial charge in [0.2, 0.25) is 6.79 Å². The van der Waals surface area contributed by atoms with Gasteiger partial charge in [-0.15, -0.1) is 0 Å². The van der Waals surface area contributed by atoms with Crippen molar-refractivity contribution in [1.82, 2.24) is 5.43 Å². The molecule has 8 nitrogen and oxygen atoms in total. The van der Waals surface area contributed by atoms with Crippen LogP contribution in [0.1, 0.15) is 21.5 Å². The number of hydrogen-bond donors (Lipinski definition) is 1. The zero-order valence-electron chi connectivity index (χ0n) is 13.0. The summed E-state index contributed by atoms with van der Waals surface area (Å²) in [6, 6.07) is 7.78. The molecule has 0 aliphatic carbocycles. The maximum Gasteiger partial charge on any atom is 0.273 e. The van der Waals surface area contributed by atoms with Gasteiger partial charge in [-0.2, -0.15) is 5.10 Å². The number of halogens is 1. The highest BCUT2D eigenvalue weighted by Crippen LogP contribution is 2.36. The number of nitrogens with one attached hydrogen (secondary N) is 1. The van der Waals surface area contributed by atoms with Crippen molar-refractivity contribution in [2.75, 3.05) is 6.79 Å². The second kappa shape index (κ2) is 6.89. The van der Waals surface area contributed by atoms with Crippen molar-refractivity contribution in [1.29, 1.82) is 0 Å². The van der Waals surface area contributed by atoms with Gasteiger partial charge in [0.15, 0.2) is 11.5 Å². The van der Waals surface area contributed by atoms with Crippen LogP contribution in [0.5, 0.6) is 11.5 Å². The molecule has 3 rings (SSSR count). The third kappa shape index (κ3) is 3.45. The number of fused-ring (bicyclic) bond motifs is 1. The van der Waals surface area contributed by atoms with Crippen LogP contribution in [-0.4, -0.2) is 23.8 Å². The summed E-state index contributed by atoms with van der Waals surface area (Å²) in [6.45, 7) is 1.68. The van der Waals surface area contributed by atoms with E-state index in [9.17, 15) is 14.9 Å². The highest BCUT2D eigenvalue weighted by Gasteiger charge is 2.18. The third-order valence-electron chi connectivity index (χ3n) is 3.61. The normalized spacial score (nSPS) is 12.4. The van der Waals surface area contributed by atoms with Crippen LogP contribution in [0.4, 0.5) is 5.69 Å². The molecular weight excluding hydrogens is 394 g/mol. The summed E-state index contributed by atoms with van der Waals surface area (Å²) in [5, 5.41) is 14.8. The highest BCUT2D eigenvalue weighted by atomic mass is 79.9. The largest absolute Gasteiger partial charge is 0.454 e. The Morgan fingerprint density at radius 2 is 2.08 bits per heavy atom. The predicted octanol–water partition coefficient (Wildman–Crippen LogP) is 3.16. The van der Waals surface area contributed by atoms with Gasteiger partial charge in [-0.3, -0.25) is 14.9 Å². The monoisotopic (exact) mass is 405 g/mol. The van der Waals surface area contributed by atoms with Gasteiger partial charge in [0, 0.05) is 21.7 Å². The van der Waals surface area contributed by atoms with Crippen molar-refractivity contribution < 1.29 is 19.2 Å². The molecule has 0 aromatic heterocycles. The molecule has 0 spiro atoms. The summed E-state index contributed by atoms with van der Waals surface area (Å²) in [7, 11) is 0. The lowest BCUT2D eigenvalue weighted by Crippen LogP contribution is -2.19. The first kappa shape index (κ1) is 16.9. The van der Waals surface area contributed by atoms with E-state index in [1.54, 1.807) is 12.1 Å². The summed E-state index contributed by atoms with van der Waals surface area (Å²) < 4.78 is 11.3. The Morgan fingerprint density at radius 1 is 1.36 bits per heavy atom. The van der Waals surface area contributed by atoms with Gasteiger partial charge in [-0.05, 0) is 41.1 Å². The molecule has 2 aromatic carbocycles. The molecule has 1 aliphatic rings. The molecule has 1 heterocycles. The van der Waals surface area contributed by atoms with Crippen molar-refractivity contribution >= 4 is 33.7 Å². The SMILES string of the molecule is Cc1c(C(=O)N/N=C\c2cc3c(cc2Br)OCO3)cccc1[N+](=O)[O-]. The number of ether oxygens (including phenoxy) is 2. The van der Waals surface area contributed by atoms with Gasteiger partial charge in [0.1, 0.15) is 0 Å². The number of benzene rings is 2. The molecule has 1 aliphatic heterocycles. The van der Waals surface area contributed by atoms with E-state index in [1.807, 2.05) is 0 Å². The standard InChI is InChI=1S/C16H12BrN3O5/c1-9-11(3-2-4-13(9)20(22)23)16(21)19-18-7-10-5-14-15(6-12(10)17)25-8-24-14/h2-7H,8H2,1H3,(H,19,21)/b18-7-. The summed E-state index contributed by atoms with van der Waals surface area (Å²) >= 11 is 3.38. The fraction of sp³-hybridized carbons (Fsp3) is 0.125. The number of nitro groups is 1. The number of nitro benzene ring substituents is 1. The average Bonchev–Trinajstić information content (AvgIpc) is 3.01. The van der Waals surface area contributed by atoms with E-state index >= 15 is 0 Å². The number of carbonyl (C=O) groups excluding carboxylic acids is 1. The third-order valence-corrected chi connectivity index (χ3v) is 4.29. The van der Waals surface area contributed by atoms with Gasteiger partial charge in [-0.25, -0.2) is 5.43 Å². The molecule has 0 unspecified atom stereocenters. The quantitative estimate of drug-likeness (QED) is 0.477. The molecule has 0 bridgehead atoms. The van der Waals surface area contributed by atoms with Crippen LogP contribution < -0.4 is 14.9 Å². The molecule has 9 heteroatoms. The van der Waals surface area contributed by atoms with E-state index in [2.05, 4.69) is 26.5 Å². The van der Waals surface area contributed by atoms with Gasteiger partial charge in [-0.1, -0.05) is 6.07 Å².